The van der Waals surface area contributed by atoms with Gasteiger partial charge in [0.15, 0.2) is 0 Å². The molecule has 0 heterocycles. The molecule has 0 aromatic heterocycles. The van der Waals surface area contributed by atoms with Crippen LogP contribution in [0.4, 0.5) is 0 Å². The Hall–Kier alpha value is -0.650. The number of ether oxygens (including phenoxy) is 1. The molecule has 0 saturated heterocycles. The Morgan fingerprint density at radius 1 is 1.33 bits per heavy atom. The van der Waals surface area contributed by atoms with Gasteiger partial charge in [0.2, 0.25) is 0 Å². The van der Waals surface area contributed by atoms with E-state index < -0.39 is 24.6 Å². The van der Waals surface area contributed by atoms with E-state index in [0.29, 0.717) is 0 Å². The quantitative estimate of drug-likeness (QED) is 0.536. The molecular weight excluding hydrogens is 164 g/mol. The molecule has 0 spiro atoms. The van der Waals surface area contributed by atoms with Gasteiger partial charge in [-0.05, 0) is 6.92 Å². The van der Waals surface area contributed by atoms with E-state index in [1.165, 1.54) is 6.92 Å². The second-order valence-electron chi connectivity index (χ2n) is 2.59. The topological polar surface area (TPSA) is 87.0 Å². The lowest BCUT2D eigenvalue weighted by Crippen LogP contribution is -2.35. The van der Waals surface area contributed by atoms with Gasteiger partial charge in [-0.3, -0.25) is 4.79 Å². The van der Waals surface area contributed by atoms with Gasteiger partial charge in [-0.15, -0.1) is 0 Å². The summed E-state index contributed by atoms with van der Waals surface area (Å²) in [5.41, 5.74) is -1.39. The van der Waals surface area contributed by atoms with Crippen molar-refractivity contribution in [2.75, 3.05) is 27.4 Å². The highest BCUT2D eigenvalue weighted by Gasteiger charge is 2.31. The Labute approximate surface area is 71.6 Å². The van der Waals surface area contributed by atoms with Crippen molar-refractivity contribution in [3.63, 3.8) is 0 Å². The standard InChI is InChI=1S/C5H10O4.C2H6O/c1-5(2-6,3-7)4(8)9;1-3-2/h6-7H,2-3H2,1H3,(H,8,9);1-2H3. The molecule has 0 aromatic carbocycles. The molecule has 0 amide bonds. The van der Waals surface area contributed by atoms with Crippen LogP contribution in [0.3, 0.4) is 0 Å². The molecule has 0 radical (unpaired) electrons. The van der Waals surface area contributed by atoms with Gasteiger partial charge in [0.05, 0.1) is 13.2 Å². The van der Waals surface area contributed by atoms with Crippen LogP contribution in [0.15, 0.2) is 0 Å². The lowest BCUT2D eigenvalue weighted by Gasteiger charge is -2.17. The second-order valence-corrected chi connectivity index (χ2v) is 2.59. The average Bonchev–Trinajstić information content (AvgIpc) is 2.04. The van der Waals surface area contributed by atoms with Crippen LogP contribution in [0.2, 0.25) is 0 Å². The molecule has 0 atom stereocenters. The van der Waals surface area contributed by atoms with Gasteiger partial charge in [0.25, 0.3) is 0 Å². The van der Waals surface area contributed by atoms with Gasteiger partial charge in [-0.2, -0.15) is 0 Å². The summed E-state index contributed by atoms with van der Waals surface area (Å²) in [5, 5.41) is 25.1. The highest BCUT2D eigenvalue weighted by atomic mass is 16.4. The molecule has 5 nitrogen and oxygen atoms in total. The lowest BCUT2D eigenvalue weighted by atomic mass is 9.94. The van der Waals surface area contributed by atoms with Crippen LogP contribution in [-0.2, 0) is 9.53 Å². The minimum atomic E-state index is -1.39. The van der Waals surface area contributed by atoms with Crippen molar-refractivity contribution < 1.29 is 24.9 Å². The van der Waals surface area contributed by atoms with Crippen LogP contribution in [0, 0.1) is 5.41 Å². The number of carboxylic acids is 1. The molecule has 74 valence electrons. The highest BCUT2D eigenvalue weighted by Crippen LogP contribution is 2.12. The zero-order chi connectivity index (χ0) is 10.2. The van der Waals surface area contributed by atoms with Gasteiger partial charge < -0.3 is 20.1 Å². The molecule has 0 aliphatic rings. The summed E-state index contributed by atoms with van der Waals surface area (Å²) in [6, 6.07) is 0. The molecule has 0 rings (SSSR count). The van der Waals surface area contributed by atoms with E-state index in [1.54, 1.807) is 14.2 Å². The monoisotopic (exact) mass is 180 g/mol. The predicted octanol–water partition coefficient (Wildman–Crippen LogP) is -0.676. The Balaban J connectivity index is 0. The summed E-state index contributed by atoms with van der Waals surface area (Å²) in [6.45, 7) is 0.187. The third-order valence-corrected chi connectivity index (χ3v) is 1.21. The van der Waals surface area contributed by atoms with E-state index in [1.807, 2.05) is 0 Å². The molecule has 0 aliphatic heterocycles. The summed E-state index contributed by atoms with van der Waals surface area (Å²) in [7, 11) is 3.25. The van der Waals surface area contributed by atoms with E-state index >= 15 is 0 Å². The summed E-state index contributed by atoms with van der Waals surface area (Å²) >= 11 is 0. The summed E-state index contributed by atoms with van der Waals surface area (Å²) in [6.07, 6.45) is 0. The van der Waals surface area contributed by atoms with Crippen LogP contribution in [0.25, 0.3) is 0 Å². The number of aliphatic carboxylic acids is 1. The van der Waals surface area contributed by atoms with E-state index in [-0.39, 0.29) is 0 Å². The van der Waals surface area contributed by atoms with Crippen molar-refractivity contribution in [2.24, 2.45) is 5.41 Å². The second kappa shape index (κ2) is 7.02. The van der Waals surface area contributed by atoms with Crippen LogP contribution < -0.4 is 0 Å². The Bertz CT molecular complexity index is 119. The van der Waals surface area contributed by atoms with Gasteiger partial charge in [0.1, 0.15) is 5.41 Å². The smallest absolute Gasteiger partial charge is 0.314 e. The molecule has 0 aromatic rings. The SMILES string of the molecule is CC(CO)(CO)C(=O)O.COC. The Morgan fingerprint density at radius 3 is 1.58 bits per heavy atom. The van der Waals surface area contributed by atoms with Gasteiger partial charge in [-0.1, -0.05) is 0 Å². The molecule has 0 aliphatic carbocycles. The van der Waals surface area contributed by atoms with E-state index in [2.05, 4.69) is 4.74 Å². The minimum Gasteiger partial charge on any atom is -0.481 e. The molecule has 0 bridgehead atoms. The van der Waals surface area contributed by atoms with Crippen molar-refractivity contribution >= 4 is 5.97 Å². The molecule has 0 fully saturated rings. The Morgan fingerprint density at radius 2 is 1.58 bits per heavy atom. The molecule has 12 heavy (non-hydrogen) atoms. The highest BCUT2D eigenvalue weighted by molar-refractivity contribution is 5.74. The van der Waals surface area contributed by atoms with Crippen molar-refractivity contribution in [1.29, 1.82) is 0 Å². The first kappa shape index (κ1) is 13.9. The van der Waals surface area contributed by atoms with E-state index in [0.717, 1.165) is 0 Å². The number of hydrogen-bond donors (Lipinski definition) is 3. The van der Waals surface area contributed by atoms with Crippen molar-refractivity contribution in [3.8, 4) is 0 Å². The first-order valence-electron chi connectivity index (χ1n) is 3.33. The maximum atomic E-state index is 10.2. The van der Waals surface area contributed by atoms with E-state index in [4.69, 9.17) is 15.3 Å². The first-order chi connectivity index (χ1) is 5.48. The maximum absolute atomic E-state index is 10.2. The third-order valence-electron chi connectivity index (χ3n) is 1.21. The van der Waals surface area contributed by atoms with Crippen LogP contribution in [0.5, 0.6) is 0 Å². The van der Waals surface area contributed by atoms with E-state index in [9.17, 15) is 4.79 Å². The number of methoxy groups -OCH3 is 1. The normalized spacial score (nSPS) is 10.1. The summed E-state index contributed by atoms with van der Waals surface area (Å²) in [4.78, 5) is 10.2. The molecule has 3 N–H and O–H groups in total. The number of aliphatic hydroxyl groups excluding tert-OH is 2. The molecule has 0 unspecified atom stereocenters. The van der Waals surface area contributed by atoms with Crippen LogP contribution in [-0.4, -0.2) is 48.7 Å². The third kappa shape index (κ3) is 5.06. The average molecular weight is 180 g/mol. The maximum Gasteiger partial charge on any atom is 0.314 e. The number of carbonyl (C=O) groups is 1. The fraction of sp³-hybridized carbons (Fsp3) is 0.857. The molecular formula is C7H16O5. The lowest BCUT2D eigenvalue weighted by molar-refractivity contribution is -0.152. The number of rotatable bonds is 3. The van der Waals surface area contributed by atoms with Gasteiger partial charge >= 0.3 is 5.97 Å². The van der Waals surface area contributed by atoms with Crippen molar-refractivity contribution in [2.45, 2.75) is 6.92 Å². The number of carboxylic acid groups (broad SMARTS) is 1. The predicted molar refractivity (Wildman–Crippen MR) is 42.8 cm³/mol. The zero-order valence-corrected chi connectivity index (χ0v) is 7.57. The van der Waals surface area contributed by atoms with Crippen molar-refractivity contribution in [1.82, 2.24) is 0 Å². The van der Waals surface area contributed by atoms with Crippen LogP contribution in [0.1, 0.15) is 6.92 Å². The Kier molecular flexibility index (Phi) is 8.14. The van der Waals surface area contributed by atoms with Gasteiger partial charge in [0, 0.05) is 14.2 Å². The first-order valence-corrected chi connectivity index (χ1v) is 3.33. The fourth-order valence-corrected chi connectivity index (χ4v) is 0.185. The number of hydrogen-bond acceptors (Lipinski definition) is 4. The fourth-order valence-electron chi connectivity index (χ4n) is 0.185. The zero-order valence-electron chi connectivity index (χ0n) is 7.57. The van der Waals surface area contributed by atoms with Crippen LogP contribution >= 0.6 is 0 Å². The molecule has 5 heteroatoms. The minimum absolute atomic E-state index is 0.543. The van der Waals surface area contributed by atoms with Crippen molar-refractivity contribution in [3.05, 3.63) is 0 Å². The summed E-state index contributed by atoms with van der Waals surface area (Å²) in [5.74, 6) is -1.19. The number of aliphatic hydroxyl groups is 2. The molecule has 0 saturated carbocycles. The summed E-state index contributed by atoms with van der Waals surface area (Å²) < 4.78 is 4.25. The van der Waals surface area contributed by atoms with Gasteiger partial charge in [-0.25, -0.2) is 0 Å². The largest absolute Gasteiger partial charge is 0.481 e.